The fraction of sp³-hybridized carbons (Fsp3) is 0.312. The van der Waals surface area contributed by atoms with Crippen molar-refractivity contribution in [2.75, 3.05) is 25.5 Å². The first kappa shape index (κ1) is 13.6. The summed E-state index contributed by atoms with van der Waals surface area (Å²) in [6.45, 7) is 2.10. The van der Waals surface area contributed by atoms with Gasteiger partial charge < -0.3 is 10.2 Å². The number of benzene rings is 1. The second-order valence-corrected chi connectivity index (χ2v) is 4.91. The van der Waals surface area contributed by atoms with Gasteiger partial charge in [0.2, 0.25) is 0 Å². The zero-order chi connectivity index (χ0) is 13.5. The van der Waals surface area contributed by atoms with Crippen molar-refractivity contribution in [1.82, 2.24) is 4.98 Å². The molecule has 1 heterocycles. The molecule has 1 aromatic heterocycles. The Kier molecular flexibility index (Phi) is 4.93. The molecule has 100 valence electrons. The van der Waals surface area contributed by atoms with Crippen LogP contribution in [0, 0.1) is 0 Å². The van der Waals surface area contributed by atoms with Crippen LogP contribution < -0.4 is 10.2 Å². The highest BCUT2D eigenvalue weighted by molar-refractivity contribution is 5.45. The van der Waals surface area contributed by atoms with Gasteiger partial charge in [-0.1, -0.05) is 18.2 Å². The van der Waals surface area contributed by atoms with Crippen LogP contribution in [0.3, 0.4) is 0 Å². The van der Waals surface area contributed by atoms with E-state index in [1.54, 1.807) is 0 Å². The van der Waals surface area contributed by atoms with Gasteiger partial charge in [0.05, 0.1) is 6.54 Å². The molecule has 0 fully saturated rings. The van der Waals surface area contributed by atoms with Crippen LogP contribution in [0.25, 0.3) is 0 Å². The Labute approximate surface area is 115 Å². The van der Waals surface area contributed by atoms with Crippen LogP contribution >= 0.6 is 0 Å². The maximum Gasteiger partial charge on any atom is 0.101 e. The monoisotopic (exact) mass is 256 g/mol. The van der Waals surface area contributed by atoms with Gasteiger partial charge in [-0.25, -0.2) is 0 Å². The zero-order valence-corrected chi connectivity index (χ0v) is 11.7. The van der Waals surface area contributed by atoms with Gasteiger partial charge in [0.15, 0.2) is 0 Å². The molecule has 0 aliphatic rings. The van der Waals surface area contributed by atoms with Crippen molar-refractivity contribution in [3.63, 3.8) is 0 Å². The highest BCUT2D eigenvalue weighted by atomic mass is 15.1. The summed E-state index contributed by atoms with van der Waals surface area (Å²) in [5.74, 6) is 0. The molecule has 0 saturated heterocycles. The number of anilines is 1. The number of pyridine rings is 1. The molecular weight excluding hydrogens is 234 g/mol. The molecule has 0 unspecified atom stereocenters. The first-order valence-electron chi connectivity index (χ1n) is 6.73. The van der Waals surface area contributed by atoms with Crippen molar-refractivity contribution in [1.29, 1.82) is 0 Å². The second-order valence-electron chi connectivity index (χ2n) is 4.91. The first-order valence-corrected chi connectivity index (χ1v) is 6.73. The van der Waals surface area contributed by atoms with Crippen molar-refractivity contribution in [3.05, 3.63) is 59.9 Å². The number of rotatable bonds is 6. The number of aromatic nitrogens is 1. The molecule has 3 nitrogen and oxygen atoms in total. The molecule has 2 N–H and O–H groups in total. The van der Waals surface area contributed by atoms with Crippen molar-refractivity contribution in [2.24, 2.45) is 0 Å². The lowest BCUT2D eigenvalue weighted by Gasteiger charge is -2.12. The van der Waals surface area contributed by atoms with Crippen LogP contribution in [0.5, 0.6) is 0 Å². The van der Waals surface area contributed by atoms with E-state index in [-0.39, 0.29) is 0 Å². The average molecular weight is 256 g/mol. The summed E-state index contributed by atoms with van der Waals surface area (Å²) in [5.41, 5.74) is 3.78. The number of nitrogens with zero attached hydrogens (tertiary/aromatic N) is 2. The minimum atomic E-state index is 1.02. The van der Waals surface area contributed by atoms with Gasteiger partial charge in [-0.05, 0) is 24.3 Å². The van der Waals surface area contributed by atoms with E-state index in [1.807, 2.05) is 18.3 Å². The van der Waals surface area contributed by atoms with E-state index in [0.29, 0.717) is 0 Å². The molecule has 0 saturated carbocycles. The maximum atomic E-state index is 4.33. The third kappa shape index (κ3) is 4.38. The van der Waals surface area contributed by atoms with Crippen LogP contribution in [0.4, 0.5) is 5.69 Å². The Bertz CT molecular complexity index is 477. The van der Waals surface area contributed by atoms with E-state index in [9.17, 15) is 0 Å². The van der Waals surface area contributed by atoms with Crippen LogP contribution in [0.1, 0.15) is 11.3 Å². The molecule has 0 aliphatic carbocycles. The van der Waals surface area contributed by atoms with Crippen molar-refractivity contribution in [2.45, 2.75) is 13.0 Å². The molecule has 19 heavy (non-hydrogen) atoms. The SMILES string of the molecule is CN(C)c1ccc(C[NH2+]CCc2ccccn2)cc1. The van der Waals surface area contributed by atoms with Gasteiger partial charge in [-0.3, -0.25) is 4.98 Å². The standard InChI is InChI=1S/C16H21N3/c1-19(2)16-8-6-14(7-9-16)13-17-12-10-15-5-3-4-11-18-15/h3-9,11,17H,10,12-13H2,1-2H3/p+1. The summed E-state index contributed by atoms with van der Waals surface area (Å²) in [6.07, 6.45) is 2.88. The molecule has 0 amide bonds. The van der Waals surface area contributed by atoms with Gasteiger partial charge in [-0.2, -0.15) is 0 Å². The van der Waals surface area contributed by atoms with E-state index >= 15 is 0 Å². The van der Waals surface area contributed by atoms with Crippen molar-refractivity contribution >= 4 is 5.69 Å². The Morgan fingerprint density at radius 2 is 1.84 bits per heavy atom. The van der Waals surface area contributed by atoms with E-state index in [2.05, 4.69) is 59.6 Å². The van der Waals surface area contributed by atoms with Gasteiger partial charge in [-0.15, -0.1) is 0 Å². The van der Waals surface area contributed by atoms with E-state index < -0.39 is 0 Å². The van der Waals surface area contributed by atoms with Crippen LogP contribution in [-0.2, 0) is 13.0 Å². The van der Waals surface area contributed by atoms with Gasteiger partial charge in [0.1, 0.15) is 6.54 Å². The lowest BCUT2D eigenvalue weighted by molar-refractivity contribution is -0.670. The number of hydrogen-bond acceptors (Lipinski definition) is 2. The number of nitrogens with two attached hydrogens (primary N) is 1. The largest absolute Gasteiger partial charge is 0.378 e. The Morgan fingerprint density at radius 1 is 1.05 bits per heavy atom. The predicted octanol–water partition coefficient (Wildman–Crippen LogP) is 1.45. The minimum absolute atomic E-state index is 1.02. The topological polar surface area (TPSA) is 32.7 Å². The Morgan fingerprint density at radius 3 is 2.47 bits per heavy atom. The Balaban J connectivity index is 1.74. The molecule has 0 spiro atoms. The Hall–Kier alpha value is -1.87. The quantitative estimate of drug-likeness (QED) is 0.794. The molecule has 0 radical (unpaired) electrons. The maximum absolute atomic E-state index is 4.33. The van der Waals surface area contributed by atoms with E-state index in [0.717, 1.165) is 19.5 Å². The number of hydrogen-bond donors (Lipinski definition) is 1. The normalized spacial score (nSPS) is 10.4. The summed E-state index contributed by atoms with van der Waals surface area (Å²) in [5, 5.41) is 2.33. The lowest BCUT2D eigenvalue weighted by atomic mass is 10.2. The summed E-state index contributed by atoms with van der Waals surface area (Å²) < 4.78 is 0. The lowest BCUT2D eigenvalue weighted by Crippen LogP contribution is -2.83. The average Bonchev–Trinajstić information content (AvgIpc) is 2.45. The highest BCUT2D eigenvalue weighted by Crippen LogP contribution is 2.11. The molecule has 2 rings (SSSR count). The van der Waals surface area contributed by atoms with E-state index in [1.165, 1.54) is 16.9 Å². The molecule has 1 aromatic carbocycles. The minimum Gasteiger partial charge on any atom is -0.378 e. The molecule has 3 heteroatoms. The first-order chi connectivity index (χ1) is 9.25. The van der Waals surface area contributed by atoms with Gasteiger partial charge >= 0.3 is 0 Å². The zero-order valence-electron chi connectivity index (χ0n) is 11.7. The number of quaternary nitrogens is 1. The van der Waals surface area contributed by atoms with Crippen LogP contribution in [0.15, 0.2) is 48.7 Å². The van der Waals surface area contributed by atoms with Gasteiger partial charge in [0, 0.05) is 43.7 Å². The highest BCUT2D eigenvalue weighted by Gasteiger charge is 1.99. The van der Waals surface area contributed by atoms with Crippen LogP contribution in [-0.4, -0.2) is 25.6 Å². The molecule has 2 aromatic rings. The summed E-state index contributed by atoms with van der Waals surface area (Å²) in [6, 6.07) is 14.8. The molecular formula is C16H22N3+. The molecule has 0 atom stereocenters. The second kappa shape index (κ2) is 6.90. The summed E-state index contributed by atoms with van der Waals surface area (Å²) in [7, 11) is 4.13. The van der Waals surface area contributed by atoms with Crippen molar-refractivity contribution in [3.8, 4) is 0 Å². The fourth-order valence-corrected chi connectivity index (χ4v) is 1.99. The third-order valence-corrected chi connectivity index (χ3v) is 3.16. The van der Waals surface area contributed by atoms with Crippen molar-refractivity contribution < 1.29 is 5.32 Å². The predicted molar refractivity (Wildman–Crippen MR) is 79.2 cm³/mol. The third-order valence-electron chi connectivity index (χ3n) is 3.16. The smallest absolute Gasteiger partial charge is 0.101 e. The van der Waals surface area contributed by atoms with E-state index in [4.69, 9.17) is 0 Å². The molecule has 0 aliphatic heterocycles. The summed E-state index contributed by atoms with van der Waals surface area (Å²) >= 11 is 0. The molecule has 0 bridgehead atoms. The fourth-order valence-electron chi connectivity index (χ4n) is 1.99. The summed E-state index contributed by atoms with van der Waals surface area (Å²) in [4.78, 5) is 6.45. The van der Waals surface area contributed by atoms with Crippen LogP contribution in [0.2, 0.25) is 0 Å². The van der Waals surface area contributed by atoms with Gasteiger partial charge in [0.25, 0.3) is 0 Å².